The molecule has 3 aliphatic heterocycles. The van der Waals surface area contributed by atoms with E-state index in [-0.39, 0.29) is 17.4 Å². The van der Waals surface area contributed by atoms with Gasteiger partial charge in [0.25, 0.3) is 5.91 Å². The standard InChI is InChI=1S/C21H22N2O3S/c24-19-16-4-2-1-3-15(16)13-17(22-19)20(25)23-9-7-21(8-10-23)18-14(5-11-26-21)6-12-27-18/h1-4,6,12,17H,5,7-11,13H2,(H,22,24). The lowest BCUT2D eigenvalue weighted by atomic mass is 9.85. The number of fused-ring (bicyclic) bond motifs is 3. The molecule has 0 radical (unpaired) electrons. The van der Waals surface area contributed by atoms with Crippen molar-refractivity contribution in [3.05, 3.63) is 57.3 Å². The van der Waals surface area contributed by atoms with Gasteiger partial charge in [-0.1, -0.05) is 18.2 Å². The minimum Gasteiger partial charge on any atom is -0.369 e. The van der Waals surface area contributed by atoms with E-state index in [4.69, 9.17) is 4.74 Å². The summed E-state index contributed by atoms with van der Waals surface area (Å²) in [5, 5.41) is 5.04. The fourth-order valence-electron chi connectivity index (χ4n) is 4.61. The molecule has 6 heteroatoms. The predicted octanol–water partition coefficient (Wildman–Crippen LogP) is 2.49. The number of amides is 2. The Labute approximate surface area is 162 Å². The molecule has 3 aliphatic rings. The zero-order valence-corrected chi connectivity index (χ0v) is 15.9. The quantitative estimate of drug-likeness (QED) is 0.824. The molecule has 1 atom stereocenters. The first-order valence-electron chi connectivity index (χ1n) is 9.55. The first kappa shape index (κ1) is 17.0. The number of likely N-dealkylation sites (tertiary alicyclic amines) is 1. The van der Waals surface area contributed by atoms with Crippen LogP contribution in [-0.2, 0) is 28.0 Å². The third-order valence-electron chi connectivity index (χ3n) is 6.08. The summed E-state index contributed by atoms with van der Waals surface area (Å²) in [7, 11) is 0. The molecular weight excluding hydrogens is 360 g/mol. The van der Waals surface area contributed by atoms with Gasteiger partial charge < -0.3 is 15.0 Å². The number of rotatable bonds is 1. The van der Waals surface area contributed by atoms with E-state index in [1.54, 1.807) is 11.3 Å². The number of carbonyl (C=O) groups excluding carboxylic acids is 2. The van der Waals surface area contributed by atoms with Crippen molar-refractivity contribution in [3.8, 4) is 0 Å². The molecule has 0 saturated carbocycles. The molecule has 0 aliphatic carbocycles. The largest absolute Gasteiger partial charge is 0.369 e. The van der Waals surface area contributed by atoms with Crippen LogP contribution in [0.2, 0.25) is 0 Å². The highest BCUT2D eigenvalue weighted by Gasteiger charge is 2.43. The van der Waals surface area contributed by atoms with E-state index < -0.39 is 6.04 Å². The van der Waals surface area contributed by atoms with Crippen molar-refractivity contribution in [1.29, 1.82) is 0 Å². The van der Waals surface area contributed by atoms with Gasteiger partial charge >= 0.3 is 0 Å². The highest BCUT2D eigenvalue weighted by molar-refractivity contribution is 7.10. The van der Waals surface area contributed by atoms with Gasteiger partial charge in [0, 0.05) is 30.0 Å². The fraction of sp³-hybridized carbons (Fsp3) is 0.429. The first-order chi connectivity index (χ1) is 13.2. The summed E-state index contributed by atoms with van der Waals surface area (Å²) < 4.78 is 6.23. The van der Waals surface area contributed by atoms with Gasteiger partial charge in [0.1, 0.15) is 11.6 Å². The topological polar surface area (TPSA) is 58.6 Å². The van der Waals surface area contributed by atoms with Crippen LogP contribution in [0.3, 0.4) is 0 Å². The maximum absolute atomic E-state index is 13.0. The van der Waals surface area contributed by atoms with Crippen LogP contribution in [0.25, 0.3) is 0 Å². The molecule has 1 saturated heterocycles. The molecule has 1 N–H and O–H groups in total. The molecule has 140 valence electrons. The Balaban J connectivity index is 1.30. The van der Waals surface area contributed by atoms with E-state index in [1.807, 2.05) is 29.2 Å². The van der Waals surface area contributed by atoms with E-state index >= 15 is 0 Å². The third-order valence-corrected chi connectivity index (χ3v) is 7.22. The summed E-state index contributed by atoms with van der Waals surface area (Å²) in [6.07, 6.45) is 3.19. The molecule has 2 aromatic rings. The average molecular weight is 382 g/mol. The van der Waals surface area contributed by atoms with Gasteiger partial charge in [-0.3, -0.25) is 9.59 Å². The maximum atomic E-state index is 13.0. The van der Waals surface area contributed by atoms with Crippen molar-refractivity contribution < 1.29 is 14.3 Å². The number of hydrogen-bond acceptors (Lipinski definition) is 4. The number of thiophene rings is 1. The van der Waals surface area contributed by atoms with Crippen molar-refractivity contribution >= 4 is 23.2 Å². The van der Waals surface area contributed by atoms with E-state index in [1.165, 1.54) is 10.4 Å². The lowest BCUT2D eigenvalue weighted by molar-refractivity contribution is -0.142. The van der Waals surface area contributed by atoms with Crippen LogP contribution in [0.1, 0.15) is 39.2 Å². The minimum atomic E-state index is -0.467. The molecule has 2 amide bonds. The Bertz CT molecular complexity index is 898. The maximum Gasteiger partial charge on any atom is 0.252 e. The average Bonchev–Trinajstić information content (AvgIpc) is 3.19. The second-order valence-electron chi connectivity index (χ2n) is 7.58. The molecule has 1 aromatic carbocycles. The molecule has 5 rings (SSSR count). The van der Waals surface area contributed by atoms with Crippen LogP contribution in [-0.4, -0.2) is 42.5 Å². The van der Waals surface area contributed by atoms with E-state index in [0.717, 1.165) is 31.4 Å². The highest BCUT2D eigenvalue weighted by atomic mass is 32.1. The van der Waals surface area contributed by atoms with Crippen molar-refractivity contribution in [1.82, 2.24) is 10.2 Å². The normalized spacial score (nSPS) is 23.5. The Morgan fingerprint density at radius 1 is 1.19 bits per heavy atom. The highest BCUT2D eigenvalue weighted by Crippen LogP contribution is 2.44. The number of carbonyl (C=O) groups is 2. The predicted molar refractivity (Wildman–Crippen MR) is 103 cm³/mol. The van der Waals surface area contributed by atoms with Gasteiger partial charge in [0.2, 0.25) is 5.91 Å². The Morgan fingerprint density at radius 3 is 2.85 bits per heavy atom. The molecule has 1 spiro atoms. The van der Waals surface area contributed by atoms with Gasteiger partial charge in [0.05, 0.1) is 6.61 Å². The van der Waals surface area contributed by atoms with Crippen LogP contribution >= 0.6 is 11.3 Å². The Hall–Kier alpha value is -2.18. The van der Waals surface area contributed by atoms with Gasteiger partial charge in [0.15, 0.2) is 0 Å². The molecule has 5 nitrogen and oxygen atoms in total. The summed E-state index contributed by atoms with van der Waals surface area (Å²) in [6.45, 7) is 2.10. The Kier molecular flexibility index (Phi) is 4.06. The monoisotopic (exact) mass is 382 g/mol. The first-order valence-corrected chi connectivity index (χ1v) is 10.4. The van der Waals surface area contributed by atoms with Crippen LogP contribution in [0.15, 0.2) is 35.7 Å². The molecule has 27 heavy (non-hydrogen) atoms. The third kappa shape index (κ3) is 2.78. The second-order valence-corrected chi connectivity index (χ2v) is 8.50. The molecule has 0 bridgehead atoms. The van der Waals surface area contributed by atoms with Crippen LogP contribution in [0.5, 0.6) is 0 Å². The van der Waals surface area contributed by atoms with Crippen LogP contribution in [0.4, 0.5) is 0 Å². The van der Waals surface area contributed by atoms with Gasteiger partial charge in [-0.25, -0.2) is 0 Å². The number of benzene rings is 1. The van der Waals surface area contributed by atoms with E-state index in [2.05, 4.69) is 16.8 Å². The van der Waals surface area contributed by atoms with E-state index in [0.29, 0.717) is 25.1 Å². The summed E-state index contributed by atoms with van der Waals surface area (Å²) in [5.41, 5.74) is 2.81. The van der Waals surface area contributed by atoms with Crippen molar-refractivity contribution in [2.45, 2.75) is 37.3 Å². The van der Waals surface area contributed by atoms with Gasteiger partial charge in [-0.2, -0.15) is 0 Å². The number of ether oxygens (including phenoxy) is 1. The summed E-state index contributed by atoms with van der Waals surface area (Å²) in [4.78, 5) is 28.6. The summed E-state index contributed by atoms with van der Waals surface area (Å²) in [5.74, 6) is -0.127. The summed E-state index contributed by atoms with van der Waals surface area (Å²) in [6, 6.07) is 9.27. The number of nitrogens with one attached hydrogen (secondary N) is 1. The zero-order valence-electron chi connectivity index (χ0n) is 15.1. The Morgan fingerprint density at radius 2 is 2.00 bits per heavy atom. The second kappa shape index (κ2) is 6.46. The zero-order chi connectivity index (χ0) is 18.4. The van der Waals surface area contributed by atoms with Crippen LogP contribution in [0, 0.1) is 0 Å². The number of nitrogens with zero attached hydrogens (tertiary/aromatic N) is 1. The smallest absolute Gasteiger partial charge is 0.252 e. The van der Waals surface area contributed by atoms with Crippen LogP contribution < -0.4 is 5.32 Å². The van der Waals surface area contributed by atoms with Gasteiger partial charge in [-0.05, 0) is 47.9 Å². The minimum absolute atomic E-state index is 0.0231. The molecule has 1 fully saturated rings. The van der Waals surface area contributed by atoms with Crippen molar-refractivity contribution in [3.63, 3.8) is 0 Å². The fourth-order valence-corrected chi connectivity index (χ4v) is 5.78. The molecule has 1 aromatic heterocycles. The van der Waals surface area contributed by atoms with Crippen molar-refractivity contribution in [2.24, 2.45) is 0 Å². The lowest BCUT2D eigenvalue weighted by Gasteiger charge is -2.44. The molecule has 4 heterocycles. The molecule has 1 unspecified atom stereocenters. The van der Waals surface area contributed by atoms with E-state index in [9.17, 15) is 9.59 Å². The van der Waals surface area contributed by atoms with Crippen molar-refractivity contribution in [2.75, 3.05) is 19.7 Å². The summed E-state index contributed by atoms with van der Waals surface area (Å²) >= 11 is 1.78. The SMILES string of the molecule is O=C1NC(C(=O)N2CCC3(CC2)OCCc2ccsc23)Cc2ccccc21. The number of piperidine rings is 1. The molecular formula is C21H22N2O3S. The lowest BCUT2D eigenvalue weighted by Crippen LogP contribution is -2.55. The number of hydrogen-bond donors (Lipinski definition) is 1. The van der Waals surface area contributed by atoms with Gasteiger partial charge in [-0.15, -0.1) is 11.3 Å².